The number of carbonyl (C=O) groups excluding carboxylic acids is 1. The Kier molecular flexibility index (Phi) is 6.44. The molecule has 13 heteroatoms. The number of hydrogen-bond acceptors (Lipinski definition) is 6. The van der Waals surface area contributed by atoms with E-state index in [4.69, 9.17) is 16.0 Å². The van der Waals surface area contributed by atoms with Gasteiger partial charge in [-0.3, -0.25) is 9.48 Å². The van der Waals surface area contributed by atoms with Crippen molar-refractivity contribution in [2.24, 2.45) is 0 Å². The lowest BCUT2D eigenvalue weighted by Gasteiger charge is -2.04. The first-order chi connectivity index (χ1) is 15.3. The summed E-state index contributed by atoms with van der Waals surface area (Å²) in [5.41, 5.74) is 0.892. The third-order valence-corrected chi connectivity index (χ3v) is 5.82. The molecule has 10 nitrogen and oxygen atoms in total. The standard InChI is InChI=1S/C19H13Br2ClN6O4/c20-13-9-26(7-11-3-1-2-4-15(11)22)24-17(13)23-19(29)16-6-5-12(32-16)8-27-10-14(21)18(25-27)28(30)31/h1-6,9-10H,7-8H2,(H,23,24,29). The van der Waals surface area contributed by atoms with Crippen LogP contribution in [-0.4, -0.2) is 30.4 Å². The van der Waals surface area contributed by atoms with E-state index in [1.54, 1.807) is 23.0 Å². The number of amides is 1. The zero-order valence-corrected chi connectivity index (χ0v) is 20.0. The fourth-order valence-electron chi connectivity index (χ4n) is 2.87. The normalized spacial score (nSPS) is 11.0. The van der Waals surface area contributed by atoms with Gasteiger partial charge >= 0.3 is 5.82 Å². The van der Waals surface area contributed by atoms with E-state index in [0.717, 1.165) is 5.56 Å². The molecule has 32 heavy (non-hydrogen) atoms. The molecule has 0 aliphatic rings. The molecule has 0 saturated heterocycles. The zero-order chi connectivity index (χ0) is 22.8. The lowest BCUT2D eigenvalue weighted by atomic mass is 10.2. The topological polar surface area (TPSA) is 121 Å². The summed E-state index contributed by atoms with van der Waals surface area (Å²) >= 11 is 12.7. The number of carbonyl (C=O) groups is 1. The summed E-state index contributed by atoms with van der Waals surface area (Å²) in [4.78, 5) is 22.9. The SMILES string of the molecule is O=C(Nc1nn(Cc2ccccc2Cl)cc1Br)c1ccc(Cn2cc(Br)c([N+](=O)[O-])n2)o1. The Morgan fingerprint density at radius 3 is 2.53 bits per heavy atom. The van der Waals surface area contributed by atoms with Gasteiger partial charge in [-0.25, -0.2) is 0 Å². The summed E-state index contributed by atoms with van der Waals surface area (Å²) < 4.78 is 9.41. The van der Waals surface area contributed by atoms with Crippen molar-refractivity contribution in [1.29, 1.82) is 0 Å². The van der Waals surface area contributed by atoms with Crippen molar-refractivity contribution in [3.8, 4) is 0 Å². The van der Waals surface area contributed by atoms with E-state index in [9.17, 15) is 14.9 Å². The van der Waals surface area contributed by atoms with E-state index in [1.807, 2.05) is 18.2 Å². The zero-order valence-electron chi connectivity index (χ0n) is 16.0. The molecule has 0 fully saturated rings. The van der Waals surface area contributed by atoms with Gasteiger partial charge in [0.2, 0.25) is 0 Å². The van der Waals surface area contributed by atoms with Gasteiger partial charge in [-0.05, 0) is 60.5 Å². The number of benzene rings is 1. The number of hydrogen-bond donors (Lipinski definition) is 1. The van der Waals surface area contributed by atoms with Crippen LogP contribution in [0.5, 0.6) is 0 Å². The number of nitrogens with zero attached hydrogens (tertiary/aromatic N) is 5. The Balaban J connectivity index is 1.43. The number of anilines is 1. The first kappa shape index (κ1) is 22.2. The van der Waals surface area contributed by atoms with Gasteiger partial charge in [0.25, 0.3) is 5.91 Å². The number of nitrogens with one attached hydrogen (secondary N) is 1. The van der Waals surface area contributed by atoms with Crippen LogP contribution in [0.15, 0.2) is 62.2 Å². The van der Waals surface area contributed by atoms with Crippen molar-refractivity contribution in [3.63, 3.8) is 0 Å². The molecule has 164 valence electrons. The first-order valence-corrected chi connectivity index (χ1v) is 11.0. The van der Waals surface area contributed by atoms with E-state index >= 15 is 0 Å². The second-order valence-electron chi connectivity index (χ2n) is 6.59. The van der Waals surface area contributed by atoms with Crippen LogP contribution >= 0.6 is 43.5 Å². The van der Waals surface area contributed by atoms with Crippen molar-refractivity contribution >= 4 is 61.0 Å². The lowest BCUT2D eigenvalue weighted by molar-refractivity contribution is -0.390. The number of aromatic nitrogens is 4. The van der Waals surface area contributed by atoms with Gasteiger partial charge in [0.15, 0.2) is 11.6 Å². The van der Waals surface area contributed by atoms with Crippen LogP contribution in [0.3, 0.4) is 0 Å². The molecule has 4 aromatic rings. The van der Waals surface area contributed by atoms with Crippen LogP contribution in [0.1, 0.15) is 21.9 Å². The van der Waals surface area contributed by atoms with E-state index in [0.29, 0.717) is 27.6 Å². The third-order valence-electron chi connectivity index (χ3n) is 4.31. The molecule has 0 bridgehead atoms. The van der Waals surface area contributed by atoms with Crippen molar-refractivity contribution in [2.45, 2.75) is 13.1 Å². The maximum absolute atomic E-state index is 12.6. The third kappa shape index (κ3) is 4.92. The van der Waals surface area contributed by atoms with Gasteiger partial charge in [-0.1, -0.05) is 29.8 Å². The molecule has 0 spiro atoms. The minimum absolute atomic E-state index is 0.0632. The highest BCUT2D eigenvalue weighted by atomic mass is 79.9. The fourth-order valence-corrected chi connectivity index (χ4v) is 3.94. The minimum atomic E-state index is -0.593. The second kappa shape index (κ2) is 9.27. The summed E-state index contributed by atoms with van der Waals surface area (Å²) in [6, 6.07) is 10.5. The van der Waals surface area contributed by atoms with Gasteiger partial charge in [0, 0.05) is 11.2 Å². The average Bonchev–Trinajstić information content (AvgIpc) is 3.44. The predicted molar refractivity (Wildman–Crippen MR) is 123 cm³/mol. The minimum Gasteiger partial charge on any atom is -0.454 e. The highest BCUT2D eigenvalue weighted by Gasteiger charge is 2.20. The summed E-state index contributed by atoms with van der Waals surface area (Å²) in [6.07, 6.45) is 3.19. The molecule has 4 rings (SSSR count). The largest absolute Gasteiger partial charge is 0.454 e. The molecule has 0 unspecified atom stereocenters. The second-order valence-corrected chi connectivity index (χ2v) is 8.71. The monoisotopic (exact) mass is 582 g/mol. The van der Waals surface area contributed by atoms with Crippen molar-refractivity contribution in [3.05, 3.63) is 90.0 Å². The Hall–Kier alpha value is -2.96. The molecule has 0 aliphatic heterocycles. The van der Waals surface area contributed by atoms with Crippen LogP contribution in [-0.2, 0) is 13.1 Å². The number of furan rings is 1. The maximum Gasteiger partial charge on any atom is 0.404 e. The summed E-state index contributed by atoms with van der Waals surface area (Å²) in [5.74, 6) is 0.00240. The van der Waals surface area contributed by atoms with Gasteiger partial charge in [-0.15, -0.1) is 0 Å². The molecule has 3 aromatic heterocycles. The summed E-state index contributed by atoms with van der Waals surface area (Å²) in [6.45, 7) is 0.556. The molecular formula is C19H13Br2ClN6O4. The predicted octanol–water partition coefficient (Wildman–Crippen LogP) is 5.11. The number of rotatable bonds is 7. The van der Waals surface area contributed by atoms with Crippen LogP contribution in [0.2, 0.25) is 5.02 Å². The van der Waals surface area contributed by atoms with E-state index in [-0.39, 0.29) is 22.6 Å². The highest BCUT2D eigenvalue weighted by Crippen LogP contribution is 2.25. The molecule has 3 heterocycles. The van der Waals surface area contributed by atoms with Crippen LogP contribution in [0.25, 0.3) is 0 Å². The Bertz CT molecular complexity index is 1310. The van der Waals surface area contributed by atoms with Gasteiger partial charge in [0.05, 0.1) is 22.3 Å². The quantitative estimate of drug-likeness (QED) is 0.238. The van der Waals surface area contributed by atoms with E-state index in [2.05, 4.69) is 47.4 Å². The maximum atomic E-state index is 12.6. The van der Waals surface area contributed by atoms with Crippen LogP contribution in [0.4, 0.5) is 11.6 Å². The fraction of sp³-hybridized carbons (Fsp3) is 0.105. The van der Waals surface area contributed by atoms with Gasteiger partial charge < -0.3 is 19.8 Å². The average molecular weight is 585 g/mol. The molecule has 0 atom stereocenters. The highest BCUT2D eigenvalue weighted by molar-refractivity contribution is 9.11. The number of nitro groups is 1. The molecular weight excluding hydrogens is 572 g/mol. The Morgan fingerprint density at radius 1 is 1.09 bits per heavy atom. The lowest BCUT2D eigenvalue weighted by Crippen LogP contribution is -2.12. The molecule has 0 radical (unpaired) electrons. The van der Waals surface area contributed by atoms with Gasteiger partial charge in [0.1, 0.15) is 16.8 Å². The Labute approximate surface area is 202 Å². The van der Waals surface area contributed by atoms with Gasteiger partial charge in [-0.2, -0.15) is 9.78 Å². The smallest absolute Gasteiger partial charge is 0.404 e. The summed E-state index contributed by atoms with van der Waals surface area (Å²) in [5, 5.41) is 22.5. The summed E-state index contributed by atoms with van der Waals surface area (Å²) in [7, 11) is 0. The van der Waals surface area contributed by atoms with Crippen LogP contribution < -0.4 is 5.32 Å². The van der Waals surface area contributed by atoms with Crippen molar-refractivity contribution < 1.29 is 14.1 Å². The molecule has 1 amide bonds. The van der Waals surface area contributed by atoms with Crippen molar-refractivity contribution in [1.82, 2.24) is 19.6 Å². The Morgan fingerprint density at radius 2 is 1.81 bits per heavy atom. The van der Waals surface area contributed by atoms with Crippen molar-refractivity contribution in [2.75, 3.05) is 5.32 Å². The first-order valence-electron chi connectivity index (χ1n) is 9.04. The molecule has 1 N–H and O–H groups in total. The van der Waals surface area contributed by atoms with Crippen LogP contribution in [0, 0.1) is 10.1 Å². The molecule has 0 aliphatic carbocycles. The molecule has 0 saturated carbocycles. The number of halogens is 3. The van der Waals surface area contributed by atoms with E-state index in [1.165, 1.54) is 16.9 Å². The van der Waals surface area contributed by atoms with E-state index < -0.39 is 10.8 Å². The molecule has 1 aromatic carbocycles.